The van der Waals surface area contributed by atoms with Gasteiger partial charge in [-0.15, -0.1) is 0 Å². The van der Waals surface area contributed by atoms with Crippen molar-refractivity contribution in [2.45, 2.75) is 18.6 Å². The molecule has 2 unspecified atom stereocenters. The summed E-state index contributed by atoms with van der Waals surface area (Å²) in [6.07, 6.45) is -0.792. The van der Waals surface area contributed by atoms with Crippen LogP contribution in [0, 0.1) is 0 Å². The van der Waals surface area contributed by atoms with Crippen molar-refractivity contribution in [2.75, 3.05) is 11.9 Å². The van der Waals surface area contributed by atoms with Crippen LogP contribution in [-0.4, -0.2) is 45.8 Å². The molecule has 2 atom stereocenters. The Labute approximate surface area is 128 Å². The average molecular weight is 364 g/mol. The van der Waals surface area contributed by atoms with Gasteiger partial charge < -0.3 is 20.4 Å². The summed E-state index contributed by atoms with van der Waals surface area (Å²) in [5.74, 6) is -1.13. The molecule has 1 aromatic rings. The highest BCUT2D eigenvalue weighted by molar-refractivity contribution is 9.10. The number of carbonyl (C=O) groups excluding carboxylic acids is 1. The lowest BCUT2D eigenvalue weighted by atomic mass is 10.2. The number of hydrogen-bond donors (Lipinski definition) is 3. The normalized spacial score (nSPS) is 21.9. The lowest BCUT2D eigenvalue weighted by Crippen LogP contribution is -2.43. The van der Waals surface area contributed by atoms with Gasteiger partial charge in [-0.05, 0) is 34.1 Å². The molecule has 1 heterocycles. The number of urea groups is 1. The number of aliphatic hydroxyl groups excluding tert-OH is 1. The Bertz CT molecular complexity index is 554. The van der Waals surface area contributed by atoms with Crippen molar-refractivity contribution in [3.8, 4) is 0 Å². The number of halogens is 2. The maximum Gasteiger partial charge on any atom is 0.326 e. The zero-order chi connectivity index (χ0) is 14.9. The second-order valence-corrected chi connectivity index (χ2v) is 5.72. The van der Waals surface area contributed by atoms with E-state index in [0.29, 0.717) is 15.2 Å². The van der Waals surface area contributed by atoms with Gasteiger partial charge in [0.1, 0.15) is 6.04 Å². The Morgan fingerprint density at radius 1 is 1.45 bits per heavy atom. The van der Waals surface area contributed by atoms with E-state index in [9.17, 15) is 14.7 Å². The fourth-order valence-electron chi connectivity index (χ4n) is 2.04. The van der Waals surface area contributed by atoms with E-state index in [1.807, 2.05) is 0 Å². The van der Waals surface area contributed by atoms with Gasteiger partial charge in [-0.2, -0.15) is 0 Å². The number of anilines is 1. The Morgan fingerprint density at radius 2 is 2.15 bits per heavy atom. The van der Waals surface area contributed by atoms with Crippen molar-refractivity contribution in [1.82, 2.24) is 4.90 Å². The van der Waals surface area contributed by atoms with E-state index in [2.05, 4.69) is 21.2 Å². The van der Waals surface area contributed by atoms with E-state index in [0.717, 1.165) is 4.90 Å². The molecule has 0 bridgehead atoms. The van der Waals surface area contributed by atoms with Crippen molar-refractivity contribution in [1.29, 1.82) is 0 Å². The SMILES string of the molecule is O=C(O)C1CC(O)CN1C(=O)Nc1ccc(Br)c(Cl)c1. The predicted molar refractivity (Wildman–Crippen MR) is 76.9 cm³/mol. The third-order valence-electron chi connectivity index (χ3n) is 3.00. The smallest absolute Gasteiger partial charge is 0.326 e. The number of likely N-dealkylation sites (tertiary alicyclic amines) is 1. The summed E-state index contributed by atoms with van der Waals surface area (Å²) in [4.78, 5) is 24.2. The zero-order valence-corrected chi connectivity index (χ0v) is 12.6. The van der Waals surface area contributed by atoms with Crippen LogP contribution < -0.4 is 5.32 Å². The number of carboxylic acids is 1. The fourth-order valence-corrected chi connectivity index (χ4v) is 2.47. The second-order valence-electron chi connectivity index (χ2n) is 4.45. The Hall–Kier alpha value is -1.31. The van der Waals surface area contributed by atoms with Crippen molar-refractivity contribution in [2.24, 2.45) is 0 Å². The molecule has 108 valence electrons. The highest BCUT2D eigenvalue weighted by Crippen LogP contribution is 2.26. The molecule has 20 heavy (non-hydrogen) atoms. The van der Waals surface area contributed by atoms with Crippen LogP contribution in [0.5, 0.6) is 0 Å². The van der Waals surface area contributed by atoms with E-state index in [-0.39, 0.29) is 13.0 Å². The van der Waals surface area contributed by atoms with Gasteiger partial charge in [0.15, 0.2) is 0 Å². The van der Waals surface area contributed by atoms with Gasteiger partial charge in [-0.3, -0.25) is 0 Å². The molecule has 2 amide bonds. The Morgan fingerprint density at radius 3 is 2.75 bits per heavy atom. The van der Waals surface area contributed by atoms with Crippen LogP contribution in [0.25, 0.3) is 0 Å². The molecule has 0 radical (unpaired) electrons. The number of β-amino-alcohol motifs (C(OH)–C–C–N with tert-alkyl or cyclic N) is 1. The van der Waals surface area contributed by atoms with E-state index in [4.69, 9.17) is 16.7 Å². The van der Waals surface area contributed by atoms with Gasteiger partial charge in [-0.1, -0.05) is 11.6 Å². The molecule has 1 aromatic carbocycles. The first-order valence-corrected chi connectivity index (χ1v) is 6.99. The van der Waals surface area contributed by atoms with Gasteiger partial charge >= 0.3 is 12.0 Å². The number of aliphatic carboxylic acids is 1. The van der Waals surface area contributed by atoms with Crippen LogP contribution in [0.2, 0.25) is 5.02 Å². The monoisotopic (exact) mass is 362 g/mol. The summed E-state index contributed by atoms with van der Waals surface area (Å²) in [5.41, 5.74) is 0.453. The molecule has 0 spiro atoms. The summed E-state index contributed by atoms with van der Waals surface area (Å²) < 4.78 is 0.692. The lowest BCUT2D eigenvalue weighted by Gasteiger charge is -2.21. The highest BCUT2D eigenvalue weighted by atomic mass is 79.9. The van der Waals surface area contributed by atoms with Gasteiger partial charge in [0, 0.05) is 23.1 Å². The van der Waals surface area contributed by atoms with Crippen LogP contribution in [-0.2, 0) is 4.79 Å². The standard InChI is InChI=1S/C12H12BrClN2O4/c13-8-2-1-6(3-9(8)14)15-12(20)16-5-7(17)4-10(16)11(18)19/h1-3,7,10,17H,4-5H2,(H,15,20)(H,18,19). The van der Waals surface area contributed by atoms with Crippen LogP contribution >= 0.6 is 27.5 Å². The first-order chi connectivity index (χ1) is 9.38. The Kier molecular flexibility index (Phi) is 4.52. The molecule has 3 N–H and O–H groups in total. The highest BCUT2D eigenvalue weighted by Gasteiger charge is 2.38. The lowest BCUT2D eigenvalue weighted by molar-refractivity contribution is -0.141. The number of hydrogen-bond acceptors (Lipinski definition) is 3. The van der Waals surface area contributed by atoms with Crippen molar-refractivity contribution in [3.05, 3.63) is 27.7 Å². The predicted octanol–water partition coefficient (Wildman–Crippen LogP) is 2.15. The minimum Gasteiger partial charge on any atom is -0.480 e. The van der Waals surface area contributed by atoms with Crippen LogP contribution in [0.1, 0.15) is 6.42 Å². The minimum atomic E-state index is -1.13. The van der Waals surface area contributed by atoms with Gasteiger partial charge in [0.25, 0.3) is 0 Å². The first-order valence-electron chi connectivity index (χ1n) is 5.82. The second kappa shape index (κ2) is 5.99. The van der Waals surface area contributed by atoms with Gasteiger partial charge in [-0.25, -0.2) is 9.59 Å². The van der Waals surface area contributed by atoms with Crippen molar-refractivity contribution in [3.63, 3.8) is 0 Å². The molecule has 1 aliphatic rings. The van der Waals surface area contributed by atoms with Crippen LogP contribution in [0.4, 0.5) is 10.5 Å². The first kappa shape index (κ1) is 15.1. The molecule has 8 heteroatoms. The van der Waals surface area contributed by atoms with E-state index < -0.39 is 24.1 Å². The number of rotatable bonds is 2. The van der Waals surface area contributed by atoms with E-state index >= 15 is 0 Å². The van der Waals surface area contributed by atoms with E-state index in [1.165, 1.54) is 0 Å². The van der Waals surface area contributed by atoms with Crippen molar-refractivity contribution < 1.29 is 19.8 Å². The van der Waals surface area contributed by atoms with Gasteiger partial charge in [0.05, 0.1) is 11.1 Å². The molecule has 0 aromatic heterocycles. The topological polar surface area (TPSA) is 89.9 Å². The van der Waals surface area contributed by atoms with Crippen LogP contribution in [0.15, 0.2) is 22.7 Å². The molecule has 1 fully saturated rings. The maximum absolute atomic E-state index is 12.1. The Balaban J connectivity index is 2.11. The summed E-state index contributed by atoms with van der Waals surface area (Å²) in [6, 6.07) is 3.26. The number of benzene rings is 1. The number of carboxylic acid groups (broad SMARTS) is 1. The molecular weight excluding hydrogens is 351 g/mol. The molecule has 6 nitrogen and oxygen atoms in total. The van der Waals surface area contributed by atoms with Gasteiger partial charge in [0.2, 0.25) is 0 Å². The average Bonchev–Trinajstić information content (AvgIpc) is 2.76. The third kappa shape index (κ3) is 3.23. The summed E-state index contributed by atoms with van der Waals surface area (Å²) in [5, 5.41) is 21.5. The quantitative estimate of drug-likeness (QED) is 0.751. The maximum atomic E-state index is 12.1. The summed E-state index contributed by atoms with van der Waals surface area (Å²) in [6.45, 7) is -0.00688. The molecular formula is C12H12BrClN2O4. The van der Waals surface area contributed by atoms with Crippen molar-refractivity contribution >= 4 is 45.2 Å². The number of nitrogens with one attached hydrogen (secondary N) is 1. The number of aliphatic hydroxyl groups is 1. The molecule has 2 rings (SSSR count). The van der Waals surface area contributed by atoms with E-state index in [1.54, 1.807) is 18.2 Å². The molecule has 0 saturated carbocycles. The van der Waals surface area contributed by atoms with Crippen LogP contribution in [0.3, 0.4) is 0 Å². The number of carbonyl (C=O) groups is 2. The minimum absolute atomic E-state index is 0.00688. The molecule has 1 saturated heterocycles. The molecule has 1 aliphatic heterocycles. The molecule has 0 aliphatic carbocycles. The largest absolute Gasteiger partial charge is 0.480 e. The zero-order valence-electron chi connectivity index (χ0n) is 10.2. The number of amides is 2. The third-order valence-corrected chi connectivity index (χ3v) is 4.23. The summed E-state index contributed by atoms with van der Waals surface area (Å²) in [7, 11) is 0. The number of nitrogens with zero attached hydrogens (tertiary/aromatic N) is 1. The fraction of sp³-hybridized carbons (Fsp3) is 0.333. The summed E-state index contributed by atoms with van der Waals surface area (Å²) >= 11 is 9.15.